The van der Waals surface area contributed by atoms with Crippen molar-refractivity contribution in [3.8, 4) is 0 Å². The molecule has 0 saturated carbocycles. The molecule has 2 aromatic rings. The van der Waals surface area contributed by atoms with Gasteiger partial charge in [0.25, 0.3) is 11.6 Å². The highest BCUT2D eigenvalue weighted by Crippen LogP contribution is 2.32. The maximum Gasteiger partial charge on any atom is 0.341 e. The number of rotatable bonds is 5. The zero-order valence-electron chi connectivity index (χ0n) is 12.6. The Labute approximate surface area is 166 Å². The molecule has 26 heavy (non-hydrogen) atoms. The summed E-state index contributed by atoms with van der Waals surface area (Å²) in [6.07, 6.45) is 0. The van der Waals surface area contributed by atoms with Crippen molar-refractivity contribution in [1.82, 2.24) is 0 Å². The van der Waals surface area contributed by atoms with Crippen molar-refractivity contribution in [2.24, 2.45) is 0 Å². The summed E-state index contributed by atoms with van der Waals surface area (Å²) >= 11 is 23.3. The molecular formula is C15H8Cl4N2O5. The number of nitrogens with one attached hydrogen (secondary N) is 1. The van der Waals surface area contributed by atoms with E-state index in [-0.39, 0.29) is 31.3 Å². The number of carbonyl (C=O) groups excluding carboxylic acids is 2. The van der Waals surface area contributed by atoms with E-state index in [1.54, 1.807) is 0 Å². The highest BCUT2D eigenvalue weighted by atomic mass is 35.5. The Hall–Kier alpha value is -2.06. The van der Waals surface area contributed by atoms with Crippen LogP contribution in [0.5, 0.6) is 0 Å². The average Bonchev–Trinajstić information content (AvgIpc) is 2.58. The fourth-order valence-corrected chi connectivity index (χ4v) is 2.71. The Kier molecular flexibility index (Phi) is 6.66. The molecule has 0 aliphatic heterocycles. The van der Waals surface area contributed by atoms with Crippen molar-refractivity contribution in [2.45, 2.75) is 0 Å². The van der Waals surface area contributed by atoms with Crippen molar-refractivity contribution in [3.63, 3.8) is 0 Å². The largest absolute Gasteiger partial charge is 0.452 e. The van der Waals surface area contributed by atoms with E-state index in [4.69, 9.17) is 51.1 Å². The average molecular weight is 438 g/mol. The highest BCUT2D eigenvalue weighted by molar-refractivity contribution is 6.46. The molecule has 1 amide bonds. The predicted octanol–water partition coefficient (Wildman–Crippen LogP) is 5.00. The standard InChI is InChI=1S/C15H8Cl4N2O5/c16-7-1-4-10(11(5-7)21(24)25)20-12(22)6-26-15(23)13-8(17)2-3-9(18)14(13)19/h1-5H,6H2,(H,20,22). The molecule has 0 bridgehead atoms. The van der Waals surface area contributed by atoms with E-state index in [0.29, 0.717) is 0 Å². The van der Waals surface area contributed by atoms with E-state index in [9.17, 15) is 19.7 Å². The van der Waals surface area contributed by atoms with E-state index in [2.05, 4.69) is 5.32 Å². The Bertz CT molecular complexity index is 904. The van der Waals surface area contributed by atoms with E-state index in [1.165, 1.54) is 24.3 Å². The summed E-state index contributed by atoms with van der Waals surface area (Å²) in [6.45, 7) is -0.724. The molecular weight excluding hydrogens is 430 g/mol. The van der Waals surface area contributed by atoms with E-state index >= 15 is 0 Å². The minimum absolute atomic E-state index is 0.00172. The number of amides is 1. The smallest absolute Gasteiger partial charge is 0.341 e. The predicted molar refractivity (Wildman–Crippen MR) is 98.5 cm³/mol. The van der Waals surface area contributed by atoms with Gasteiger partial charge in [-0.1, -0.05) is 46.4 Å². The lowest BCUT2D eigenvalue weighted by molar-refractivity contribution is -0.383. The van der Waals surface area contributed by atoms with Gasteiger partial charge in [-0.2, -0.15) is 0 Å². The first-order valence-corrected chi connectivity index (χ1v) is 8.26. The Morgan fingerprint density at radius 2 is 1.73 bits per heavy atom. The number of carbonyl (C=O) groups is 2. The van der Waals surface area contributed by atoms with Crippen LogP contribution in [0.25, 0.3) is 0 Å². The molecule has 2 rings (SSSR count). The van der Waals surface area contributed by atoms with Gasteiger partial charge in [0.1, 0.15) is 5.69 Å². The quantitative estimate of drug-likeness (QED) is 0.307. The van der Waals surface area contributed by atoms with Crippen LogP contribution in [-0.4, -0.2) is 23.4 Å². The lowest BCUT2D eigenvalue weighted by Crippen LogP contribution is -2.21. The lowest BCUT2D eigenvalue weighted by Gasteiger charge is -2.09. The second-order valence-electron chi connectivity index (χ2n) is 4.76. The molecule has 0 aromatic heterocycles. The van der Waals surface area contributed by atoms with Gasteiger partial charge in [-0.25, -0.2) is 4.79 Å². The maximum atomic E-state index is 12.1. The first-order valence-electron chi connectivity index (χ1n) is 6.75. The number of halogens is 4. The van der Waals surface area contributed by atoms with Crippen molar-refractivity contribution < 1.29 is 19.2 Å². The molecule has 0 heterocycles. The number of anilines is 1. The highest BCUT2D eigenvalue weighted by Gasteiger charge is 2.21. The summed E-state index contributed by atoms with van der Waals surface area (Å²) in [6, 6.07) is 6.44. The normalized spacial score (nSPS) is 10.3. The molecule has 7 nitrogen and oxygen atoms in total. The molecule has 0 radical (unpaired) electrons. The second kappa shape index (κ2) is 8.55. The van der Waals surface area contributed by atoms with Gasteiger partial charge in [0, 0.05) is 11.1 Å². The summed E-state index contributed by atoms with van der Waals surface area (Å²) in [5.74, 6) is -1.78. The number of nitro benzene ring substituents is 1. The fraction of sp³-hybridized carbons (Fsp3) is 0.0667. The van der Waals surface area contributed by atoms with Crippen molar-refractivity contribution in [2.75, 3.05) is 11.9 Å². The number of ether oxygens (including phenoxy) is 1. The van der Waals surface area contributed by atoms with Gasteiger partial charge in [-0.3, -0.25) is 14.9 Å². The molecule has 0 saturated heterocycles. The van der Waals surface area contributed by atoms with Gasteiger partial charge < -0.3 is 10.1 Å². The van der Waals surface area contributed by atoms with Crippen molar-refractivity contribution in [1.29, 1.82) is 0 Å². The minimum Gasteiger partial charge on any atom is -0.452 e. The number of hydrogen-bond donors (Lipinski definition) is 1. The van der Waals surface area contributed by atoms with E-state index in [0.717, 1.165) is 6.07 Å². The molecule has 0 atom stereocenters. The molecule has 0 fully saturated rings. The van der Waals surface area contributed by atoms with Crippen molar-refractivity contribution >= 4 is 69.7 Å². The van der Waals surface area contributed by atoms with Crippen LogP contribution in [0.2, 0.25) is 20.1 Å². The first-order chi connectivity index (χ1) is 12.2. The molecule has 11 heteroatoms. The Morgan fingerprint density at radius 1 is 1.08 bits per heavy atom. The van der Waals surface area contributed by atoms with Crippen LogP contribution in [0.1, 0.15) is 10.4 Å². The molecule has 0 unspecified atom stereocenters. The van der Waals surface area contributed by atoms with Crippen molar-refractivity contribution in [3.05, 3.63) is 66.1 Å². The van der Waals surface area contributed by atoms with Crippen LogP contribution in [0.4, 0.5) is 11.4 Å². The van der Waals surface area contributed by atoms with Crippen LogP contribution < -0.4 is 5.32 Å². The monoisotopic (exact) mass is 436 g/mol. The Morgan fingerprint density at radius 3 is 2.38 bits per heavy atom. The van der Waals surface area contributed by atoms with Gasteiger partial charge in [0.05, 0.1) is 25.6 Å². The molecule has 0 aliphatic carbocycles. The van der Waals surface area contributed by atoms with E-state index < -0.39 is 29.1 Å². The third-order valence-electron chi connectivity index (χ3n) is 3.01. The summed E-state index contributed by atoms with van der Waals surface area (Å²) in [4.78, 5) is 34.2. The van der Waals surface area contributed by atoms with Gasteiger partial charge >= 0.3 is 5.97 Å². The third-order valence-corrected chi connectivity index (χ3v) is 4.37. The molecule has 2 aromatic carbocycles. The Balaban J connectivity index is 2.07. The summed E-state index contributed by atoms with van der Waals surface area (Å²) in [7, 11) is 0. The number of benzene rings is 2. The number of nitro groups is 1. The molecule has 0 spiro atoms. The molecule has 1 N–H and O–H groups in total. The van der Waals surface area contributed by atoms with Gasteiger partial charge in [0.2, 0.25) is 0 Å². The van der Waals surface area contributed by atoms with Crippen LogP contribution >= 0.6 is 46.4 Å². The summed E-state index contributed by atoms with van der Waals surface area (Å²) in [5.41, 5.74) is -0.691. The fourth-order valence-electron chi connectivity index (χ4n) is 1.87. The molecule has 136 valence electrons. The zero-order chi connectivity index (χ0) is 19.4. The zero-order valence-corrected chi connectivity index (χ0v) is 15.6. The van der Waals surface area contributed by atoms with Gasteiger partial charge in [-0.05, 0) is 24.3 Å². The number of nitrogens with zero attached hydrogens (tertiary/aromatic N) is 1. The SMILES string of the molecule is O=C(COC(=O)c1c(Cl)ccc(Cl)c1Cl)Nc1ccc(Cl)cc1[N+](=O)[O-]. The van der Waals surface area contributed by atoms with E-state index in [1.807, 2.05) is 0 Å². The minimum atomic E-state index is -0.969. The topological polar surface area (TPSA) is 98.5 Å². The van der Waals surface area contributed by atoms with Gasteiger partial charge in [-0.15, -0.1) is 0 Å². The summed E-state index contributed by atoms with van der Waals surface area (Å²) < 4.78 is 4.83. The molecule has 0 aliphatic rings. The lowest BCUT2D eigenvalue weighted by atomic mass is 10.2. The number of hydrogen-bond acceptors (Lipinski definition) is 5. The number of esters is 1. The maximum absolute atomic E-state index is 12.1. The second-order valence-corrected chi connectivity index (χ2v) is 6.39. The van der Waals surface area contributed by atoms with Crippen LogP contribution in [0.15, 0.2) is 30.3 Å². The first kappa shape index (κ1) is 20.3. The van der Waals surface area contributed by atoms with Crippen LogP contribution in [0.3, 0.4) is 0 Å². The van der Waals surface area contributed by atoms with Gasteiger partial charge in [0.15, 0.2) is 6.61 Å². The summed E-state index contributed by atoms with van der Waals surface area (Å²) in [5, 5.41) is 13.3. The third kappa shape index (κ3) is 4.76. The van der Waals surface area contributed by atoms with Crippen LogP contribution in [0, 0.1) is 10.1 Å². The van der Waals surface area contributed by atoms with Crippen LogP contribution in [-0.2, 0) is 9.53 Å².